The Morgan fingerprint density at radius 3 is 2.16 bits per heavy atom. The molecule has 1 N–H and O–H groups in total. The summed E-state index contributed by atoms with van der Waals surface area (Å²) in [6, 6.07) is 23.3. The zero-order valence-electron chi connectivity index (χ0n) is 21.1. The fourth-order valence-corrected chi connectivity index (χ4v) is 5.02. The molecule has 8 nitrogen and oxygen atoms in total. The number of anilines is 1. The Hall–Kier alpha value is -4.50. The molecule has 0 aliphatic rings. The number of amides is 1. The van der Waals surface area contributed by atoms with Crippen LogP contribution in [0.5, 0.6) is 5.75 Å². The van der Waals surface area contributed by atoms with Gasteiger partial charge in [-0.1, -0.05) is 42.5 Å². The van der Waals surface area contributed by atoms with Crippen molar-refractivity contribution in [3.63, 3.8) is 0 Å². The highest BCUT2D eigenvalue weighted by Crippen LogP contribution is 2.41. The minimum absolute atomic E-state index is 0.0596. The van der Waals surface area contributed by atoms with Crippen molar-refractivity contribution in [1.82, 2.24) is 0 Å². The van der Waals surface area contributed by atoms with Crippen LogP contribution < -0.4 is 10.1 Å². The van der Waals surface area contributed by atoms with E-state index in [-0.39, 0.29) is 17.9 Å². The summed E-state index contributed by atoms with van der Waals surface area (Å²) in [6.07, 6.45) is -0.849. The summed E-state index contributed by atoms with van der Waals surface area (Å²) in [5.41, 5.74) is 3.42. The fraction of sp³-hybridized carbons (Fsp3) is 0.172. The third-order valence-electron chi connectivity index (χ3n) is 5.81. The number of rotatable bonds is 9. The Labute approximate surface area is 224 Å². The third kappa shape index (κ3) is 5.90. The molecular formula is C29H26N2O6S. The van der Waals surface area contributed by atoms with Crippen LogP contribution in [0.2, 0.25) is 0 Å². The van der Waals surface area contributed by atoms with Gasteiger partial charge in [0.2, 0.25) is 0 Å². The van der Waals surface area contributed by atoms with Crippen LogP contribution in [0, 0.1) is 17.0 Å². The van der Waals surface area contributed by atoms with Crippen molar-refractivity contribution in [2.75, 3.05) is 11.9 Å². The highest BCUT2D eigenvalue weighted by Gasteiger charge is 2.27. The molecule has 1 heterocycles. The second-order valence-corrected chi connectivity index (χ2v) is 9.63. The van der Waals surface area contributed by atoms with Gasteiger partial charge in [-0.25, -0.2) is 4.79 Å². The van der Waals surface area contributed by atoms with E-state index in [9.17, 15) is 19.7 Å². The molecule has 1 unspecified atom stereocenters. The molecule has 0 spiro atoms. The van der Waals surface area contributed by atoms with Gasteiger partial charge in [0.05, 0.1) is 11.5 Å². The largest absolute Gasteiger partial charge is 0.481 e. The van der Waals surface area contributed by atoms with Crippen molar-refractivity contribution >= 4 is 33.9 Å². The Morgan fingerprint density at radius 2 is 1.55 bits per heavy atom. The molecule has 0 aliphatic carbocycles. The van der Waals surface area contributed by atoms with E-state index in [1.165, 1.54) is 23.5 Å². The lowest BCUT2D eigenvalue weighted by Gasteiger charge is -2.15. The van der Waals surface area contributed by atoms with Gasteiger partial charge < -0.3 is 14.8 Å². The van der Waals surface area contributed by atoms with Crippen molar-refractivity contribution in [2.24, 2.45) is 0 Å². The summed E-state index contributed by atoms with van der Waals surface area (Å²) < 4.78 is 11.1. The van der Waals surface area contributed by atoms with Crippen LogP contribution in [0.25, 0.3) is 22.3 Å². The molecule has 0 saturated heterocycles. The van der Waals surface area contributed by atoms with Crippen LogP contribution in [0.15, 0.2) is 78.9 Å². The number of nitro groups is 1. The quantitative estimate of drug-likeness (QED) is 0.144. The predicted octanol–water partition coefficient (Wildman–Crippen LogP) is 6.88. The average Bonchev–Trinajstić information content (AvgIpc) is 3.25. The first-order chi connectivity index (χ1) is 18.3. The maximum atomic E-state index is 13.1. The van der Waals surface area contributed by atoms with E-state index in [1.807, 2.05) is 49.4 Å². The lowest BCUT2D eigenvalue weighted by molar-refractivity contribution is -0.384. The number of ether oxygens (including phenoxy) is 2. The molecule has 0 radical (unpaired) electrons. The van der Waals surface area contributed by atoms with E-state index in [1.54, 1.807) is 38.1 Å². The van der Waals surface area contributed by atoms with E-state index in [0.717, 1.165) is 16.0 Å². The van der Waals surface area contributed by atoms with Crippen LogP contribution in [-0.4, -0.2) is 29.5 Å². The van der Waals surface area contributed by atoms with E-state index >= 15 is 0 Å². The number of benzene rings is 3. The normalized spacial score (nSPS) is 11.4. The molecule has 0 fully saturated rings. The highest BCUT2D eigenvalue weighted by molar-refractivity contribution is 7.17. The predicted molar refractivity (Wildman–Crippen MR) is 148 cm³/mol. The number of thiophene rings is 1. The molecule has 194 valence electrons. The van der Waals surface area contributed by atoms with Crippen LogP contribution in [0.3, 0.4) is 0 Å². The van der Waals surface area contributed by atoms with E-state index in [4.69, 9.17) is 9.47 Å². The number of non-ortho nitro benzene ring substituents is 1. The number of carbonyl (C=O) groups excluding carboxylic acids is 2. The molecule has 0 saturated carbocycles. The molecule has 1 amide bonds. The lowest BCUT2D eigenvalue weighted by Crippen LogP contribution is -2.30. The van der Waals surface area contributed by atoms with Gasteiger partial charge in [0.1, 0.15) is 16.3 Å². The number of esters is 1. The van der Waals surface area contributed by atoms with Crippen molar-refractivity contribution < 1.29 is 24.0 Å². The number of carbonyl (C=O) groups is 2. The second-order valence-electron chi connectivity index (χ2n) is 8.40. The Bertz CT molecular complexity index is 1450. The van der Waals surface area contributed by atoms with Crippen LogP contribution >= 0.6 is 11.3 Å². The van der Waals surface area contributed by atoms with Gasteiger partial charge in [-0.05, 0) is 61.7 Å². The van der Waals surface area contributed by atoms with Gasteiger partial charge in [0.25, 0.3) is 11.6 Å². The standard InChI is InChI=1S/C29H26N2O6S/c1-4-36-29(33)26-25(22-10-14-23(15-11-22)31(34)35)19(3)38-28(26)30-27(32)18(2)37-24-16-12-21(13-17-24)20-8-6-5-7-9-20/h5-18H,4H2,1-3H3,(H,30,32). The van der Waals surface area contributed by atoms with Gasteiger partial charge in [-0.15, -0.1) is 11.3 Å². The van der Waals surface area contributed by atoms with Crippen LogP contribution in [0.4, 0.5) is 10.7 Å². The van der Waals surface area contributed by atoms with Crippen LogP contribution in [-0.2, 0) is 9.53 Å². The molecule has 0 aliphatic heterocycles. The maximum absolute atomic E-state index is 13.1. The number of nitrogens with one attached hydrogen (secondary N) is 1. The first-order valence-electron chi connectivity index (χ1n) is 12.0. The van der Waals surface area contributed by atoms with Gasteiger partial charge in [-0.2, -0.15) is 0 Å². The number of nitro benzene ring substituents is 1. The van der Waals surface area contributed by atoms with Gasteiger partial charge in [0, 0.05) is 22.6 Å². The molecule has 4 aromatic rings. The first-order valence-corrected chi connectivity index (χ1v) is 12.8. The van der Waals surface area contributed by atoms with Crippen molar-refractivity contribution in [2.45, 2.75) is 26.9 Å². The van der Waals surface area contributed by atoms with Crippen LogP contribution in [0.1, 0.15) is 29.1 Å². The molecule has 4 rings (SSSR count). The van der Waals surface area contributed by atoms with E-state index < -0.39 is 22.9 Å². The lowest BCUT2D eigenvalue weighted by atomic mass is 10.0. The summed E-state index contributed by atoms with van der Waals surface area (Å²) in [5.74, 6) is -0.489. The Balaban J connectivity index is 1.55. The van der Waals surface area contributed by atoms with Gasteiger partial charge in [-0.3, -0.25) is 14.9 Å². The fourth-order valence-electron chi connectivity index (χ4n) is 3.96. The summed E-state index contributed by atoms with van der Waals surface area (Å²) in [6.45, 7) is 5.29. The maximum Gasteiger partial charge on any atom is 0.341 e. The highest BCUT2D eigenvalue weighted by atomic mass is 32.1. The molecule has 0 bridgehead atoms. The van der Waals surface area contributed by atoms with Crippen molar-refractivity contribution in [3.8, 4) is 28.0 Å². The minimum Gasteiger partial charge on any atom is -0.481 e. The molecular weight excluding hydrogens is 504 g/mol. The SMILES string of the molecule is CCOC(=O)c1c(NC(=O)C(C)Oc2ccc(-c3ccccc3)cc2)sc(C)c1-c1ccc([N+](=O)[O-])cc1. The average molecular weight is 531 g/mol. The molecule has 9 heteroatoms. The van der Waals surface area contributed by atoms with Gasteiger partial charge >= 0.3 is 5.97 Å². The summed E-state index contributed by atoms with van der Waals surface area (Å²) in [7, 11) is 0. The third-order valence-corrected chi connectivity index (χ3v) is 6.83. The monoisotopic (exact) mass is 530 g/mol. The second kappa shape index (κ2) is 11.7. The summed E-state index contributed by atoms with van der Waals surface area (Å²) in [4.78, 5) is 37.3. The summed E-state index contributed by atoms with van der Waals surface area (Å²) in [5, 5.41) is 14.2. The Morgan fingerprint density at radius 1 is 0.947 bits per heavy atom. The molecule has 1 atom stereocenters. The molecule has 3 aromatic carbocycles. The zero-order valence-corrected chi connectivity index (χ0v) is 21.9. The summed E-state index contributed by atoms with van der Waals surface area (Å²) >= 11 is 1.23. The number of hydrogen-bond acceptors (Lipinski definition) is 7. The number of hydrogen-bond donors (Lipinski definition) is 1. The van der Waals surface area contributed by atoms with Gasteiger partial charge in [0.15, 0.2) is 6.10 Å². The smallest absolute Gasteiger partial charge is 0.341 e. The van der Waals surface area contributed by atoms with Crippen molar-refractivity contribution in [3.05, 3.63) is 99.4 Å². The topological polar surface area (TPSA) is 108 Å². The first kappa shape index (κ1) is 26.6. The molecule has 38 heavy (non-hydrogen) atoms. The minimum atomic E-state index is -0.849. The number of aryl methyl sites for hydroxylation is 1. The van der Waals surface area contributed by atoms with Crippen molar-refractivity contribution in [1.29, 1.82) is 0 Å². The van der Waals surface area contributed by atoms with E-state index in [2.05, 4.69) is 5.32 Å². The number of nitrogens with zero attached hydrogens (tertiary/aromatic N) is 1. The van der Waals surface area contributed by atoms with E-state index in [0.29, 0.717) is 21.9 Å². The zero-order chi connectivity index (χ0) is 27.2. The Kier molecular flexibility index (Phi) is 8.18. The molecule has 1 aromatic heterocycles.